The summed E-state index contributed by atoms with van der Waals surface area (Å²) in [5, 5.41) is 21.1. The summed E-state index contributed by atoms with van der Waals surface area (Å²) in [4.78, 5) is 27.6. The van der Waals surface area contributed by atoms with Crippen LogP contribution in [0, 0.1) is 6.92 Å². The Kier molecular flexibility index (Phi) is 5.58. The van der Waals surface area contributed by atoms with Crippen LogP contribution in [0.4, 0.5) is 5.69 Å². The number of carbonyl (C=O) groups is 2. The number of Topliss-reactive ketones (excluding diaryl/α,β-unsaturated/α-hetero) is 1. The Labute approximate surface area is 180 Å². The predicted molar refractivity (Wildman–Crippen MR) is 119 cm³/mol. The number of aliphatic hydroxyl groups excluding tert-OH is 1. The lowest BCUT2D eigenvalue weighted by molar-refractivity contribution is -0.118. The van der Waals surface area contributed by atoms with Crippen molar-refractivity contribution in [1.29, 1.82) is 0 Å². The average Bonchev–Trinajstić information content (AvgIpc) is 3.04. The first kappa shape index (κ1) is 20.4. The number of ketones is 1. The summed E-state index contributed by atoms with van der Waals surface area (Å²) in [6, 6.07) is 22.7. The smallest absolute Gasteiger partial charge is 0.294 e. The van der Waals surface area contributed by atoms with Gasteiger partial charge in [0.1, 0.15) is 5.75 Å². The monoisotopic (exact) mass is 413 g/mol. The number of amides is 1. The van der Waals surface area contributed by atoms with Gasteiger partial charge in [0.25, 0.3) is 5.91 Å². The van der Waals surface area contributed by atoms with E-state index in [1.54, 1.807) is 18.2 Å². The molecule has 4 rings (SSSR count). The van der Waals surface area contributed by atoms with Crippen molar-refractivity contribution in [3.63, 3.8) is 0 Å². The second kappa shape index (κ2) is 8.48. The number of hydrogen-bond donors (Lipinski definition) is 2. The molecule has 5 heteroatoms. The molecule has 0 bridgehead atoms. The number of anilines is 1. The van der Waals surface area contributed by atoms with E-state index in [9.17, 15) is 19.8 Å². The molecule has 31 heavy (non-hydrogen) atoms. The van der Waals surface area contributed by atoms with Crippen LogP contribution in [0.2, 0.25) is 0 Å². The summed E-state index contributed by atoms with van der Waals surface area (Å²) in [6.07, 6.45) is 0.662. The molecule has 1 atom stereocenters. The third-order valence-electron chi connectivity index (χ3n) is 5.49. The molecule has 2 N–H and O–H groups in total. The van der Waals surface area contributed by atoms with Crippen molar-refractivity contribution in [1.82, 2.24) is 0 Å². The van der Waals surface area contributed by atoms with Crippen LogP contribution >= 0.6 is 0 Å². The quantitative estimate of drug-likeness (QED) is 0.608. The summed E-state index contributed by atoms with van der Waals surface area (Å²) in [6.45, 7) is 1.92. The second-order valence-corrected chi connectivity index (χ2v) is 7.65. The lowest BCUT2D eigenvalue weighted by Crippen LogP contribution is -2.31. The highest BCUT2D eigenvalue weighted by Crippen LogP contribution is 2.44. The molecular weight excluding hydrogens is 390 g/mol. The van der Waals surface area contributed by atoms with Crippen molar-refractivity contribution in [3.05, 3.63) is 107 Å². The van der Waals surface area contributed by atoms with E-state index in [2.05, 4.69) is 0 Å². The molecule has 1 aliphatic rings. The third kappa shape index (κ3) is 3.94. The molecule has 0 saturated heterocycles. The van der Waals surface area contributed by atoms with Gasteiger partial charge in [0.2, 0.25) is 0 Å². The Morgan fingerprint density at radius 2 is 1.65 bits per heavy atom. The number of nitrogens with zero attached hydrogens (tertiary/aromatic N) is 1. The standard InChI is InChI=1S/C26H23NO4/c1-17-8-7-11-19(16-17)24-23(22(29)15-14-18-9-3-2-4-10-18)25(30)26(31)27(24)20-12-5-6-13-21(20)28/h2-13,16,24,28,30H,14-15H2,1H3. The van der Waals surface area contributed by atoms with Crippen molar-refractivity contribution in [3.8, 4) is 5.75 Å². The number of para-hydroxylation sites is 2. The molecule has 1 amide bonds. The fourth-order valence-corrected chi connectivity index (χ4v) is 4.00. The minimum atomic E-state index is -0.816. The van der Waals surface area contributed by atoms with E-state index >= 15 is 0 Å². The highest BCUT2D eigenvalue weighted by Gasteiger charge is 2.44. The molecule has 5 nitrogen and oxygen atoms in total. The summed E-state index contributed by atoms with van der Waals surface area (Å²) in [5.41, 5.74) is 2.98. The molecule has 0 fully saturated rings. The number of aromatic hydroxyl groups is 1. The first-order valence-corrected chi connectivity index (χ1v) is 10.2. The van der Waals surface area contributed by atoms with Gasteiger partial charge in [-0.3, -0.25) is 14.5 Å². The molecule has 1 unspecified atom stereocenters. The number of carbonyl (C=O) groups excluding carboxylic acids is 2. The molecule has 3 aromatic carbocycles. The van der Waals surface area contributed by atoms with Gasteiger partial charge in [0.05, 0.1) is 17.3 Å². The molecule has 1 aliphatic heterocycles. The molecule has 0 aromatic heterocycles. The van der Waals surface area contributed by atoms with E-state index in [1.807, 2.05) is 61.5 Å². The molecular formula is C26H23NO4. The number of benzene rings is 3. The number of hydrogen-bond acceptors (Lipinski definition) is 4. The Balaban J connectivity index is 1.75. The van der Waals surface area contributed by atoms with Crippen molar-refractivity contribution >= 4 is 17.4 Å². The van der Waals surface area contributed by atoms with Crippen LogP contribution in [0.3, 0.4) is 0 Å². The van der Waals surface area contributed by atoms with Gasteiger partial charge in [-0.15, -0.1) is 0 Å². The zero-order valence-corrected chi connectivity index (χ0v) is 17.2. The average molecular weight is 413 g/mol. The van der Waals surface area contributed by atoms with E-state index in [1.165, 1.54) is 11.0 Å². The first-order valence-electron chi connectivity index (χ1n) is 10.2. The molecule has 3 aromatic rings. The number of phenolic OH excluding ortho intramolecular Hbond substituents is 1. The maximum atomic E-state index is 13.2. The van der Waals surface area contributed by atoms with E-state index in [0.717, 1.165) is 11.1 Å². The van der Waals surface area contributed by atoms with Crippen LogP contribution in [0.5, 0.6) is 5.75 Å². The number of phenols is 1. The van der Waals surface area contributed by atoms with Gasteiger partial charge in [-0.05, 0) is 36.6 Å². The molecule has 156 valence electrons. The predicted octanol–water partition coefficient (Wildman–Crippen LogP) is 4.80. The zero-order chi connectivity index (χ0) is 22.0. The Bertz CT molecular complexity index is 1170. The van der Waals surface area contributed by atoms with Gasteiger partial charge in [0, 0.05) is 6.42 Å². The van der Waals surface area contributed by atoms with E-state index < -0.39 is 17.7 Å². The van der Waals surface area contributed by atoms with Crippen molar-refractivity contribution in [2.24, 2.45) is 0 Å². The Morgan fingerprint density at radius 1 is 0.935 bits per heavy atom. The van der Waals surface area contributed by atoms with E-state index in [0.29, 0.717) is 12.0 Å². The summed E-state index contributed by atoms with van der Waals surface area (Å²) >= 11 is 0. The van der Waals surface area contributed by atoms with Gasteiger partial charge in [-0.2, -0.15) is 0 Å². The maximum Gasteiger partial charge on any atom is 0.294 e. The van der Waals surface area contributed by atoms with Crippen LogP contribution in [-0.4, -0.2) is 21.9 Å². The van der Waals surface area contributed by atoms with Gasteiger partial charge < -0.3 is 10.2 Å². The molecule has 0 saturated carbocycles. The number of aryl methyl sites for hydroxylation is 2. The van der Waals surface area contributed by atoms with Gasteiger partial charge >= 0.3 is 0 Å². The van der Waals surface area contributed by atoms with Crippen molar-refractivity contribution < 1.29 is 19.8 Å². The summed E-state index contributed by atoms with van der Waals surface area (Å²) in [7, 11) is 0. The Hall–Kier alpha value is -3.86. The molecule has 0 spiro atoms. The lowest BCUT2D eigenvalue weighted by atomic mass is 9.92. The first-order chi connectivity index (χ1) is 15.0. The topological polar surface area (TPSA) is 77.8 Å². The third-order valence-corrected chi connectivity index (χ3v) is 5.49. The Morgan fingerprint density at radius 3 is 2.35 bits per heavy atom. The van der Waals surface area contributed by atoms with Gasteiger partial charge in [-0.25, -0.2) is 0 Å². The van der Waals surface area contributed by atoms with Crippen LogP contribution in [-0.2, 0) is 16.0 Å². The van der Waals surface area contributed by atoms with Crippen LogP contribution in [0.1, 0.15) is 29.2 Å². The zero-order valence-electron chi connectivity index (χ0n) is 17.2. The van der Waals surface area contributed by atoms with Crippen molar-refractivity contribution in [2.45, 2.75) is 25.8 Å². The minimum absolute atomic E-state index is 0.0646. The fourth-order valence-electron chi connectivity index (χ4n) is 4.00. The number of aliphatic hydroxyl groups is 1. The number of rotatable bonds is 6. The van der Waals surface area contributed by atoms with Crippen LogP contribution < -0.4 is 4.90 Å². The van der Waals surface area contributed by atoms with Gasteiger partial charge in [0.15, 0.2) is 11.5 Å². The van der Waals surface area contributed by atoms with Gasteiger partial charge in [-0.1, -0.05) is 72.3 Å². The van der Waals surface area contributed by atoms with E-state index in [-0.39, 0.29) is 29.2 Å². The minimum Gasteiger partial charge on any atom is -0.506 e. The molecule has 0 radical (unpaired) electrons. The largest absolute Gasteiger partial charge is 0.506 e. The lowest BCUT2D eigenvalue weighted by Gasteiger charge is -2.27. The molecule has 1 heterocycles. The summed E-state index contributed by atoms with van der Waals surface area (Å²) < 4.78 is 0. The molecule has 0 aliphatic carbocycles. The maximum absolute atomic E-state index is 13.2. The van der Waals surface area contributed by atoms with Crippen LogP contribution in [0.25, 0.3) is 0 Å². The van der Waals surface area contributed by atoms with Crippen molar-refractivity contribution in [2.75, 3.05) is 4.90 Å². The second-order valence-electron chi connectivity index (χ2n) is 7.65. The SMILES string of the molecule is Cc1cccc(C2C(C(=O)CCc3ccccc3)=C(O)C(=O)N2c2ccccc2O)c1. The van der Waals surface area contributed by atoms with Crippen LogP contribution in [0.15, 0.2) is 90.2 Å². The highest BCUT2D eigenvalue weighted by molar-refractivity contribution is 6.17. The van der Waals surface area contributed by atoms with E-state index in [4.69, 9.17) is 0 Å². The summed E-state index contributed by atoms with van der Waals surface area (Å²) in [5.74, 6) is -1.65. The highest BCUT2D eigenvalue weighted by atomic mass is 16.3. The fraction of sp³-hybridized carbons (Fsp3) is 0.154. The normalized spacial score (nSPS) is 16.1.